The second kappa shape index (κ2) is 6.12. The first kappa shape index (κ1) is 17.4. The molecule has 0 radical (unpaired) electrons. The summed E-state index contributed by atoms with van der Waals surface area (Å²) in [5.74, 6) is 0.317. The molecule has 0 aromatic heterocycles. The molecule has 23 heavy (non-hydrogen) atoms. The highest BCUT2D eigenvalue weighted by atomic mass is 32.2. The van der Waals surface area contributed by atoms with Gasteiger partial charge in [-0.1, -0.05) is 20.3 Å². The first-order valence-corrected chi connectivity index (χ1v) is 10.5. The number of carbonyl (C=O) groups is 1. The monoisotopic (exact) mass is 343 g/mol. The second-order valence-corrected chi connectivity index (χ2v) is 9.77. The van der Waals surface area contributed by atoms with Crippen molar-refractivity contribution in [3.8, 4) is 0 Å². The van der Waals surface area contributed by atoms with Crippen LogP contribution in [0.5, 0.6) is 0 Å². The van der Waals surface area contributed by atoms with Crippen molar-refractivity contribution in [2.75, 3.05) is 18.9 Å². The molecule has 3 aliphatic rings. The van der Waals surface area contributed by atoms with Crippen molar-refractivity contribution in [3.05, 3.63) is 0 Å². The van der Waals surface area contributed by atoms with E-state index in [1.165, 1.54) is 12.8 Å². The topological polar surface area (TPSA) is 72.5 Å². The van der Waals surface area contributed by atoms with Crippen molar-refractivity contribution >= 4 is 15.9 Å². The van der Waals surface area contributed by atoms with Gasteiger partial charge in [0.2, 0.25) is 0 Å². The maximum Gasteiger partial charge on any atom is 0.268 e. The summed E-state index contributed by atoms with van der Waals surface area (Å²) in [6, 6.07) is 0.359. The van der Waals surface area contributed by atoms with Crippen molar-refractivity contribution in [1.29, 1.82) is 0 Å². The largest absolute Gasteiger partial charge is 0.314 e. The Morgan fingerprint density at radius 3 is 2.61 bits per heavy atom. The molecule has 1 saturated heterocycles. The third-order valence-corrected chi connectivity index (χ3v) is 8.08. The van der Waals surface area contributed by atoms with Crippen molar-refractivity contribution < 1.29 is 17.4 Å². The Morgan fingerprint density at radius 2 is 2.04 bits per heavy atom. The lowest BCUT2D eigenvalue weighted by molar-refractivity contribution is -0.128. The van der Waals surface area contributed by atoms with Gasteiger partial charge in [-0.25, -0.2) is 0 Å². The van der Waals surface area contributed by atoms with Gasteiger partial charge in [-0.3, -0.25) is 8.98 Å². The summed E-state index contributed by atoms with van der Waals surface area (Å²) in [7, 11) is -3.66. The molecule has 0 aromatic carbocycles. The molecule has 2 aliphatic carbocycles. The smallest absolute Gasteiger partial charge is 0.268 e. The minimum absolute atomic E-state index is 0.125. The molecule has 0 amide bonds. The van der Waals surface area contributed by atoms with Crippen LogP contribution in [0.15, 0.2) is 0 Å². The fourth-order valence-electron chi connectivity index (χ4n) is 4.94. The van der Waals surface area contributed by atoms with E-state index in [9.17, 15) is 13.2 Å². The van der Waals surface area contributed by atoms with Crippen LogP contribution in [-0.2, 0) is 19.1 Å². The summed E-state index contributed by atoms with van der Waals surface area (Å²) in [6.07, 6.45) is 6.37. The quantitative estimate of drug-likeness (QED) is 0.749. The van der Waals surface area contributed by atoms with Crippen LogP contribution in [0.25, 0.3) is 0 Å². The fourth-order valence-corrected chi connectivity index (χ4v) is 6.65. The summed E-state index contributed by atoms with van der Waals surface area (Å²) in [5.41, 5.74) is -0.953. The SMILES string of the molecule is CC1(C)C2CC[C@@]1(CS(=O)(=O)OCCC1CCCCN1)C(=O)C2. The molecule has 1 N–H and O–H groups in total. The van der Waals surface area contributed by atoms with Crippen LogP contribution in [0.2, 0.25) is 0 Å². The Morgan fingerprint density at radius 1 is 1.26 bits per heavy atom. The van der Waals surface area contributed by atoms with Crippen molar-refractivity contribution in [1.82, 2.24) is 5.32 Å². The van der Waals surface area contributed by atoms with Crippen LogP contribution in [0.3, 0.4) is 0 Å². The van der Waals surface area contributed by atoms with E-state index in [0.29, 0.717) is 31.2 Å². The lowest BCUT2D eigenvalue weighted by Gasteiger charge is -2.35. The minimum Gasteiger partial charge on any atom is -0.314 e. The van der Waals surface area contributed by atoms with Gasteiger partial charge in [-0.15, -0.1) is 0 Å². The minimum atomic E-state index is -3.66. The number of ketones is 1. The molecule has 3 fully saturated rings. The van der Waals surface area contributed by atoms with E-state index in [-0.39, 0.29) is 23.6 Å². The van der Waals surface area contributed by atoms with Gasteiger partial charge >= 0.3 is 0 Å². The molecule has 1 heterocycles. The number of hydrogen-bond donors (Lipinski definition) is 1. The van der Waals surface area contributed by atoms with Crippen LogP contribution >= 0.6 is 0 Å². The summed E-state index contributed by atoms with van der Waals surface area (Å²) < 4.78 is 30.2. The van der Waals surface area contributed by atoms with Crippen molar-refractivity contribution in [3.63, 3.8) is 0 Å². The van der Waals surface area contributed by atoms with Gasteiger partial charge in [-0.05, 0) is 50.0 Å². The first-order valence-electron chi connectivity index (χ1n) is 8.91. The van der Waals surface area contributed by atoms with E-state index < -0.39 is 15.5 Å². The zero-order chi connectivity index (χ0) is 16.7. The summed E-state index contributed by atoms with van der Waals surface area (Å²) >= 11 is 0. The molecule has 2 unspecified atom stereocenters. The molecule has 2 saturated carbocycles. The van der Waals surface area contributed by atoms with E-state index in [1.54, 1.807) is 0 Å². The number of carbonyl (C=O) groups excluding carboxylic acids is 1. The average Bonchev–Trinajstić information content (AvgIpc) is 2.82. The van der Waals surface area contributed by atoms with Gasteiger partial charge in [0.15, 0.2) is 0 Å². The third kappa shape index (κ3) is 3.10. The maximum absolute atomic E-state index is 12.4. The van der Waals surface area contributed by atoms with Gasteiger partial charge in [0.25, 0.3) is 10.1 Å². The Hall–Kier alpha value is -0.460. The van der Waals surface area contributed by atoms with E-state index in [4.69, 9.17) is 4.18 Å². The van der Waals surface area contributed by atoms with E-state index in [2.05, 4.69) is 19.2 Å². The van der Waals surface area contributed by atoms with E-state index in [1.807, 2.05) is 0 Å². The van der Waals surface area contributed by atoms with Crippen LogP contribution in [0.4, 0.5) is 0 Å². The van der Waals surface area contributed by atoms with Crippen LogP contribution in [0.1, 0.15) is 58.8 Å². The van der Waals surface area contributed by atoms with Crippen LogP contribution in [-0.4, -0.2) is 39.1 Å². The normalized spacial score (nSPS) is 36.5. The van der Waals surface area contributed by atoms with E-state index in [0.717, 1.165) is 19.4 Å². The lowest BCUT2D eigenvalue weighted by Crippen LogP contribution is -2.42. The maximum atomic E-state index is 12.4. The van der Waals surface area contributed by atoms with Gasteiger partial charge in [-0.2, -0.15) is 8.42 Å². The first-order chi connectivity index (χ1) is 10.8. The molecule has 132 valence electrons. The van der Waals surface area contributed by atoms with Gasteiger partial charge < -0.3 is 5.32 Å². The van der Waals surface area contributed by atoms with Crippen molar-refractivity contribution in [2.24, 2.45) is 16.7 Å². The van der Waals surface area contributed by atoms with Crippen molar-refractivity contribution in [2.45, 2.75) is 64.8 Å². The molecule has 6 heteroatoms. The molecule has 1 aliphatic heterocycles. The predicted molar refractivity (Wildman–Crippen MR) is 88.6 cm³/mol. The Bertz CT molecular complexity index is 565. The average molecular weight is 343 g/mol. The highest BCUT2D eigenvalue weighted by molar-refractivity contribution is 7.86. The molecular formula is C17H29NO4S. The number of hydrogen-bond acceptors (Lipinski definition) is 5. The van der Waals surface area contributed by atoms with Gasteiger partial charge in [0, 0.05) is 12.5 Å². The molecule has 0 aromatic rings. The molecular weight excluding hydrogens is 314 g/mol. The Kier molecular flexibility index (Phi) is 4.62. The third-order valence-electron chi connectivity index (χ3n) is 6.70. The molecule has 5 nitrogen and oxygen atoms in total. The predicted octanol–water partition coefficient (Wildman–Crippen LogP) is 2.26. The fraction of sp³-hybridized carbons (Fsp3) is 0.941. The number of piperidine rings is 1. The van der Waals surface area contributed by atoms with E-state index >= 15 is 0 Å². The molecule has 0 spiro atoms. The zero-order valence-corrected chi connectivity index (χ0v) is 15.1. The lowest BCUT2D eigenvalue weighted by atomic mass is 9.70. The number of rotatable bonds is 6. The number of Topliss-reactive ketones (excluding diaryl/α,β-unsaturated/α-hetero) is 1. The molecule has 2 bridgehead atoms. The molecule has 3 rings (SSSR count). The number of nitrogens with one attached hydrogen (secondary N) is 1. The highest BCUT2D eigenvalue weighted by Crippen LogP contribution is 2.64. The summed E-state index contributed by atoms with van der Waals surface area (Å²) in [5, 5.41) is 3.39. The second-order valence-electron chi connectivity index (χ2n) is 8.13. The van der Waals surface area contributed by atoms with Crippen LogP contribution in [0, 0.1) is 16.7 Å². The Labute approximate surface area is 139 Å². The summed E-state index contributed by atoms with van der Waals surface area (Å²) in [6.45, 7) is 5.33. The summed E-state index contributed by atoms with van der Waals surface area (Å²) in [4.78, 5) is 12.4. The van der Waals surface area contributed by atoms with Crippen LogP contribution < -0.4 is 5.32 Å². The zero-order valence-electron chi connectivity index (χ0n) is 14.3. The molecule has 3 atom stereocenters. The highest BCUT2D eigenvalue weighted by Gasteiger charge is 2.65. The Balaban J connectivity index is 1.59. The standard InChI is InChI=1S/C17H29NO4S/c1-16(2)13-6-8-17(16,15(19)11-13)12-23(20,21)22-10-7-14-5-3-4-9-18-14/h13-14,18H,3-12H2,1-2H3/t13?,14?,17-/m1/s1. The van der Waals surface area contributed by atoms with Gasteiger partial charge in [0.1, 0.15) is 5.78 Å². The van der Waals surface area contributed by atoms with Gasteiger partial charge in [0.05, 0.1) is 17.8 Å². The number of fused-ring (bicyclic) bond motifs is 2.